The van der Waals surface area contributed by atoms with E-state index in [0.717, 1.165) is 31.5 Å². The fourth-order valence-electron chi connectivity index (χ4n) is 2.78. The summed E-state index contributed by atoms with van der Waals surface area (Å²) in [5.74, 6) is 1.12. The quantitative estimate of drug-likeness (QED) is 0.826. The zero-order valence-corrected chi connectivity index (χ0v) is 14.4. The first-order chi connectivity index (χ1) is 12.2. The maximum atomic E-state index is 12.1. The lowest BCUT2D eigenvalue weighted by Gasteiger charge is -2.16. The van der Waals surface area contributed by atoms with Gasteiger partial charge in [0.05, 0.1) is 13.7 Å². The third kappa shape index (κ3) is 4.89. The Hall–Kier alpha value is -2.70. The lowest BCUT2D eigenvalue weighted by atomic mass is 10.1. The van der Waals surface area contributed by atoms with Crippen molar-refractivity contribution in [3.8, 4) is 6.01 Å². The van der Waals surface area contributed by atoms with Crippen LogP contribution in [0, 0.1) is 0 Å². The van der Waals surface area contributed by atoms with E-state index >= 15 is 0 Å². The van der Waals surface area contributed by atoms with Crippen LogP contribution in [-0.4, -0.2) is 41.1 Å². The van der Waals surface area contributed by atoms with E-state index in [0.29, 0.717) is 24.6 Å². The molecular formula is C18H23N5O2. The van der Waals surface area contributed by atoms with E-state index in [9.17, 15) is 4.79 Å². The van der Waals surface area contributed by atoms with E-state index in [4.69, 9.17) is 4.74 Å². The molecule has 0 radical (unpaired) electrons. The van der Waals surface area contributed by atoms with Crippen molar-refractivity contribution in [2.75, 3.05) is 25.1 Å². The Labute approximate surface area is 147 Å². The standard InChI is InChI=1S/C18H23N5O2/c1-25-18-21-15(20-17(22-18)23-11-5-6-12-23)13-19-16(24)10-9-14-7-3-2-4-8-14/h2-4,7-8H,5-6,9-13H2,1H3,(H,19,24). The van der Waals surface area contributed by atoms with Crippen LogP contribution in [-0.2, 0) is 17.8 Å². The smallest absolute Gasteiger partial charge is 0.321 e. The first kappa shape index (κ1) is 17.1. The number of rotatable bonds is 7. The summed E-state index contributed by atoms with van der Waals surface area (Å²) in [6, 6.07) is 10.2. The molecule has 1 saturated heterocycles. The zero-order valence-electron chi connectivity index (χ0n) is 14.4. The summed E-state index contributed by atoms with van der Waals surface area (Å²) in [7, 11) is 1.53. The fourth-order valence-corrected chi connectivity index (χ4v) is 2.78. The predicted molar refractivity (Wildman–Crippen MR) is 94.4 cm³/mol. The van der Waals surface area contributed by atoms with Crippen molar-refractivity contribution in [2.24, 2.45) is 0 Å². The second-order valence-corrected chi connectivity index (χ2v) is 5.99. The molecule has 1 N–H and O–H groups in total. The van der Waals surface area contributed by atoms with Crippen LogP contribution in [0.15, 0.2) is 30.3 Å². The van der Waals surface area contributed by atoms with Gasteiger partial charge in [-0.1, -0.05) is 30.3 Å². The van der Waals surface area contributed by atoms with Gasteiger partial charge < -0.3 is 15.0 Å². The molecule has 1 aliphatic rings. The number of hydrogen-bond donors (Lipinski definition) is 1. The van der Waals surface area contributed by atoms with Gasteiger partial charge in [-0.2, -0.15) is 15.0 Å². The predicted octanol–water partition coefficient (Wildman–Crippen LogP) is 1.73. The molecule has 1 aromatic carbocycles. The summed E-state index contributed by atoms with van der Waals surface area (Å²) in [5.41, 5.74) is 1.15. The van der Waals surface area contributed by atoms with Gasteiger partial charge in [-0.15, -0.1) is 0 Å². The van der Waals surface area contributed by atoms with Crippen LogP contribution in [0.4, 0.5) is 5.95 Å². The van der Waals surface area contributed by atoms with Crippen molar-refractivity contribution >= 4 is 11.9 Å². The molecule has 0 aliphatic carbocycles. The van der Waals surface area contributed by atoms with Gasteiger partial charge in [0.25, 0.3) is 0 Å². The number of hydrogen-bond acceptors (Lipinski definition) is 6. The summed E-state index contributed by atoms with van der Waals surface area (Å²) >= 11 is 0. The first-order valence-electron chi connectivity index (χ1n) is 8.59. The second kappa shape index (κ2) is 8.41. The molecule has 0 spiro atoms. The van der Waals surface area contributed by atoms with Crippen LogP contribution in [0.2, 0.25) is 0 Å². The van der Waals surface area contributed by atoms with E-state index < -0.39 is 0 Å². The molecule has 7 nitrogen and oxygen atoms in total. The van der Waals surface area contributed by atoms with E-state index in [2.05, 4.69) is 25.2 Å². The molecule has 25 heavy (non-hydrogen) atoms. The number of benzene rings is 1. The largest absolute Gasteiger partial charge is 0.467 e. The Kier molecular flexibility index (Phi) is 5.77. The number of carbonyl (C=O) groups excluding carboxylic acids is 1. The third-order valence-electron chi connectivity index (χ3n) is 4.15. The highest BCUT2D eigenvalue weighted by atomic mass is 16.5. The van der Waals surface area contributed by atoms with Crippen LogP contribution in [0.5, 0.6) is 6.01 Å². The van der Waals surface area contributed by atoms with Crippen molar-refractivity contribution in [1.82, 2.24) is 20.3 Å². The Balaban J connectivity index is 1.56. The molecule has 132 valence electrons. The topological polar surface area (TPSA) is 80.2 Å². The number of anilines is 1. The van der Waals surface area contributed by atoms with Crippen LogP contribution in [0.1, 0.15) is 30.7 Å². The van der Waals surface area contributed by atoms with Crippen molar-refractivity contribution in [1.29, 1.82) is 0 Å². The summed E-state index contributed by atoms with van der Waals surface area (Å²) < 4.78 is 5.17. The Morgan fingerprint density at radius 3 is 2.64 bits per heavy atom. The van der Waals surface area contributed by atoms with E-state index in [1.54, 1.807) is 0 Å². The van der Waals surface area contributed by atoms with Gasteiger partial charge in [-0.3, -0.25) is 4.79 Å². The van der Waals surface area contributed by atoms with Gasteiger partial charge in [0, 0.05) is 19.5 Å². The summed E-state index contributed by atoms with van der Waals surface area (Å²) in [4.78, 5) is 27.2. The highest BCUT2D eigenvalue weighted by Crippen LogP contribution is 2.17. The molecule has 7 heteroatoms. The zero-order chi connectivity index (χ0) is 17.5. The van der Waals surface area contributed by atoms with Gasteiger partial charge in [0.1, 0.15) is 0 Å². The summed E-state index contributed by atoms with van der Waals surface area (Å²) in [6.07, 6.45) is 3.43. The number of aromatic nitrogens is 3. The van der Waals surface area contributed by atoms with Gasteiger partial charge >= 0.3 is 6.01 Å². The molecule has 0 unspecified atom stereocenters. The molecule has 0 atom stereocenters. The molecule has 0 saturated carbocycles. The summed E-state index contributed by atoms with van der Waals surface area (Å²) in [6.45, 7) is 2.15. The minimum Gasteiger partial charge on any atom is -0.467 e. The van der Waals surface area contributed by atoms with Crippen LogP contribution in [0.25, 0.3) is 0 Å². The van der Waals surface area contributed by atoms with Gasteiger partial charge in [-0.25, -0.2) is 0 Å². The third-order valence-corrected chi connectivity index (χ3v) is 4.15. The van der Waals surface area contributed by atoms with E-state index in [-0.39, 0.29) is 18.5 Å². The molecule has 1 aromatic heterocycles. The lowest BCUT2D eigenvalue weighted by Crippen LogP contribution is -2.26. The Morgan fingerprint density at radius 2 is 1.92 bits per heavy atom. The van der Waals surface area contributed by atoms with Crippen molar-refractivity contribution in [3.63, 3.8) is 0 Å². The van der Waals surface area contributed by atoms with Crippen molar-refractivity contribution < 1.29 is 9.53 Å². The Morgan fingerprint density at radius 1 is 1.16 bits per heavy atom. The van der Waals surface area contributed by atoms with Crippen molar-refractivity contribution in [3.05, 3.63) is 41.7 Å². The Bertz CT molecular complexity index is 702. The highest BCUT2D eigenvalue weighted by Gasteiger charge is 2.17. The summed E-state index contributed by atoms with van der Waals surface area (Å²) in [5, 5.41) is 2.87. The minimum atomic E-state index is -0.0223. The molecule has 2 aromatic rings. The number of nitrogens with zero attached hydrogens (tertiary/aromatic N) is 4. The molecule has 1 amide bonds. The van der Waals surface area contributed by atoms with Gasteiger partial charge in [0.2, 0.25) is 11.9 Å². The maximum Gasteiger partial charge on any atom is 0.321 e. The van der Waals surface area contributed by atoms with Crippen molar-refractivity contribution in [2.45, 2.75) is 32.2 Å². The molecule has 1 aliphatic heterocycles. The molecule has 1 fully saturated rings. The SMILES string of the molecule is COc1nc(CNC(=O)CCc2ccccc2)nc(N2CCCC2)n1. The first-order valence-corrected chi connectivity index (χ1v) is 8.59. The number of aryl methyl sites for hydroxylation is 1. The molecule has 3 rings (SSSR count). The number of carbonyl (C=O) groups is 1. The second-order valence-electron chi connectivity index (χ2n) is 5.99. The van der Waals surface area contributed by atoms with Crippen LogP contribution < -0.4 is 15.0 Å². The average molecular weight is 341 g/mol. The van der Waals surface area contributed by atoms with E-state index in [1.165, 1.54) is 7.11 Å². The highest BCUT2D eigenvalue weighted by molar-refractivity contribution is 5.76. The number of methoxy groups -OCH3 is 1. The number of amides is 1. The number of nitrogens with one attached hydrogen (secondary N) is 1. The van der Waals surface area contributed by atoms with Gasteiger partial charge in [0.15, 0.2) is 5.82 Å². The molecule has 0 bridgehead atoms. The van der Waals surface area contributed by atoms with Crippen LogP contribution >= 0.6 is 0 Å². The molecular weight excluding hydrogens is 318 g/mol. The lowest BCUT2D eigenvalue weighted by molar-refractivity contribution is -0.121. The average Bonchev–Trinajstić information content (AvgIpc) is 3.20. The van der Waals surface area contributed by atoms with Gasteiger partial charge in [-0.05, 0) is 24.8 Å². The normalized spacial score (nSPS) is 13.7. The minimum absolute atomic E-state index is 0.0223. The maximum absolute atomic E-state index is 12.1. The monoisotopic (exact) mass is 341 g/mol. The van der Waals surface area contributed by atoms with E-state index in [1.807, 2.05) is 30.3 Å². The molecule has 2 heterocycles. The number of ether oxygens (including phenoxy) is 1. The van der Waals surface area contributed by atoms with Crippen LogP contribution in [0.3, 0.4) is 0 Å². The fraction of sp³-hybridized carbons (Fsp3) is 0.444.